The topological polar surface area (TPSA) is 32.3 Å². The SMILES string of the molecule is CC.CC(C)C(O)CNC(c1ccccc1)(c1ccccc1)c1ccccc1. The van der Waals surface area contributed by atoms with Crippen LogP contribution in [0.15, 0.2) is 91.0 Å². The van der Waals surface area contributed by atoms with Crippen LogP contribution in [0.2, 0.25) is 0 Å². The molecule has 0 aliphatic rings. The van der Waals surface area contributed by atoms with Crippen molar-refractivity contribution < 1.29 is 5.11 Å². The van der Waals surface area contributed by atoms with Crippen molar-refractivity contribution in [2.75, 3.05) is 6.54 Å². The Hall–Kier alpha value is -2.42. The largest absolute Gasteiger partial charge is 0.392 e. The summed E-state index contributed by atoms with van der Waals surface area (Å²) in [6.45, 7) is 8.60. The number of aliphatic hydroxyl groups excluding tert-OH is 1. The van der Waals surface area contributed by atoms with Crippen LogP contribution in [-0.4, -0.2) is 17.8 Å². The standard InChI is InChI=1S/C24H27NO.C2H6/c1-19(2)23(26)18-25-24(20-12-6-3-7-13-20,21-14-8-4-9-15-21)22-16-10-5-11-17-22;1-2/h3-17,19,23,25-26H,18H2,1-2H3;1-2H3. The number of aliphatic hydroxyl groups is 1. The molecule has 2 N–H and O–H groups in total. The van der Waals surface area contributed by atoms with E-state index in [1.807, 2.05) is 45.9 Å². The average molecular weight is 376 g/mol. The summed E-state index contributed by atoms with van der Waals surface area (Å²) >= 11 is 0. The molecule has 0 aliphatic heterocycles. The first kappa shape index (κ1) is 21.9. The predicted octanol–water partition coefficient (Wildman–Crippen LogP) is 5.61. The van der Waals surface area contributed by atoms with Crippen molar-refractivity contribution in [2.45, 2.75) is 39.3 Å². The molecule has 0 amide bonds. The van der Waals surface area contributed by atoms with Gasteiger partial charge >= 0.3 is 0 Å². The molecular weight excluding hydrogens is 342 g/mol. The van der Waals surface area contributed by atoms with E-state index in [0.29, 0.717) is 6.54 Å². The number of rotatable bonds is 7. The van der Waals surface area contributed by atoms with Gasteiger partial charge in [0.15, 0.2) is 0 Å². The van der Waals surface area contributed by atoms with Gasteiger partial charge in [0.2, 0.25) is 0 Å². The van der Waals surface area contributed by atoms with Crippen LogP contribution in [0.1, 0.15) is 44.4 Å². The fraction of sp³-hybridized carbons (Fsp3) is 0.308. The van der Waals surface area contributed by atoms with E-state index in [9.17, 15) is 5.11 Å². The Morgan fingerprint density at radius 1 is 0.679 bits per heavy atom. The highest BCUT2D eigenvalue weighted by Gasteiger charge is 2.36. The molecule has 0 saturated carbocycles. The third-order valence-electron chi connectivity index (χ3n) is 4.97. The monoisotopic (exact) mass is 375 g/mol. The van der Waals surface area contributed by atoms with Gasteiger partial charge in [0, 0.05) is 6.54 Å². The van der Waals surface area contributed by atoms with Gasteiger partial charge in [-0.2, -0.15) is 0 Å². The van der Waals surface area contributed by atoms with Crippen LogP contribution in [0.3, 0.4) is 0 Å². The molecule has 3 rings (SSSR count). The van der Waals surface area contributed by atoms with Crippen LogP contribution in [0.4, 0.5) is 0 Å². The van der Waals surface area contributed by atoms with Gasteiger partial charge in [-0.05, 0) is 22.6 Å². The first-order valence-corrected chi connectivity index (χ1v) is 10.2. The highest BCUT2D eigenvalue weighted by atomic mass is 16.3. The maximum atomic E-state index is 10.5. The number of benzene rings is 3. The summed E-state index contributed by atoms with van der Waals surface area (Å²) in [6.07, 6.45) is -0.412. The van der Waals surface area contributed by atoms with Crippen LogP contribution in [0.25, 0.3) is 0 Å². The summed E-state index contributed by atoms with van der Waals surface area (Å²) in [6, 6.07) is 31.4. The van der Waals surface area contributed by atoms with Crippen LogP contribution in [0.5, 0.6) is 0 Å². The zero-order chi connectivity index (χ0) is 20.4. The van der Waals surface area contributed by atoms with E-state index < -0.39 is 11.6 Å². The van der Waals surface area contributed by atoms with Gasteiger partial charge < -0.3 is 5.11 Å². The molecule has 2 nitrogen and oxygen atoms in total. The Labute approximate surface area is 170 Å². The lowest BCUT2D eigenvalue weighted by Crippen LogP contribution is -2.48. The third kappa shape index (κ3) is 4.89. The van der Waals surface area contributed by atoms with E-state index >= 15 is 0 Å². The molecule has 2 heteroatoms. The number of hydrogen-bond donors (Lipinski definition) is 2. The summed E-state index contributed by atoms with van der Waals surface area (Å²) in [5, 5.41) is 14.2. The Balaban J connectivity index is 0.00000136. The Morgan fingerprint density at radius 2 is 1.00 bits per heavy atom. The van der Waals surface area contributed by atoms with Gasteiger partial charge in [-0.25, -0.2) is 0 Å². The Bertz CT molecular complexity index is 688. The molecule has 3 aromatic carbocycles. The molecule has 0 radical (unpaired) electrons. The Morgan fingerprint density at radius 3 is 1.29 bits per heavy atom. The van der Waals surface area contributed by atoms with Gasteiger partial charge in [0.05, 0.1) is 11.6 Å². The fourth-order valence-electron chi connectivity index (χ4n) is 3.36. The van der Waals surface area contributed by atoms with Gasteiger partial charge in [-0.3, -0.25) is 5.32 Å². The molecule has 3 aromatic rings. The van der Waals surface area contributed by atoms with Crippen LogP contribution in [0, 0.1) is 5.92 Å². The van der Waals surface area contributed by atoms with Gasteiger partial charge in [-0.15, -0.1) is 0 Å². The van der Waals surface area contributed by atoms with Crippen molar-refractivity contribution in [3.8, 4) is 0 Å². The van der Waals surface area contributed by atoms with Gasteiger partial charge in [0.1, 0.15) is 0 Å². The van der Waals surface area contributed by atoms with Crippen LogP contribution >= 0.6 is 0 Å². The minimum Gasteiger partial charge on any atom is -0.392 e. The van der Waals surface area contributed by atoms with E-state index in [4.69, 9.17) is 0 Å². The average Bonchev–Trinajstić information content (AvgIpc) is 2.77. The van der Waals surface area contributed by atoms with Crippen molar-refractivity contribution in [2.24, 2.45) is 5.92 Å². The molecule has 0 aliphatic carbocycles. The van der Waals surface area contributed by atoms with E-state index in [0.717, 1.165) is 16.7 Å². The molecular formula is C26H33NO. The van der Waals surface area contributed by atoms with Crippen molar-refractivity contribution in [3.63, 3.8) is 0 Å². The fourth-order valence-corrected chi connectivity index (χ4v) is 3.36. The third-order valence-corrected chi connectivity index (χ3v) is 4.97. The molecule has 0 heterocycles. The minimum absolute atomic E-state index is 0.197. The highest BCUT2D eigenvalue weighted by molar-refractivity contribution is 5.49. The van der Waals surface area contributed by atoms with Crippen LogP contribution < -0.4 is 5.32 Å². The second kappa shape index (κ2) is 10.8. The smallest absolute Gasteiger partial charge is 0.0948 e. The summed E-state index contributed by atoms with van der Waals surface area (Å²) in [5.41, 5.74) is 2.97. The number of hydrogen-bond acceptors (Lipinski definition) is 2. The predicted molar refractivity (Wildman–Crippen MR) is 119 cm³/mol. The molecule has 0 aromatic heterocycles. The first-order chi connectivity index (χ1) is 13.6. The summed E-state index contributed by atoms with van der Waals surface area (Å²) in [5.74, 6) is 0.197. The molecule has 1 unspecified atom stereocenters. The summed E-state index contributed by atoms with van der Waals surface area (Å²) < 4.78 is 0. The molecule has 1 atom stereocenters. The van der Waals surface area contributed by atoms with Gasteiger partial charge in [0.25, 0.3) is 0 Å². The van der Waals surface area contributed by atoms with Crippen molar-refractivity contribution in [3.05, 3.63) is 108 Å². The lowest BCUT2D eigenvalue weighted by Gasteiger charge is -2.38. The van der Waals surface area contributed by atoms with E-state index in [-0.39, 0.29) is 5.92 Å². The Kier molecular flexibility index (Phi) is 8.43. The molecule has 0 saturated heterocycles. The number of nitrogens with one attached hydrogen (secondary N) is 1. The van der Waals surface area contributed by atoms with Crippen LogP contribution in [-0.2, 0) is 5.54 Å². The zero-order valence-electron chi connectivity index (χ0n) is 17.5. The van der Waals surface area contributed by atoms with Crippen molar-refractivity contribution in [1.82, 2.24) is 5.32 Å². The van der Waals surface area contributed by atoms with Crippen molar-refractivity contribution in [1.29, 1.82) is 0 Å². The quantitative estimate of drug-likeness (QED) is 0.526. The maximum absolute atomic E-state index is 10.5. The normalized spacial score (nSPS) is 12.2. The summed E-state index contributed by atoms with van der Waals surface area (Å²) in [4.78, 5) is 0. The van der Waals surface area contributed by atoms with E-state index in [1.54, 1.807) is 0 Å². The molecule has 0 bridgehead atoms. The maximum Gasteiger partial charge on any atom is 0.0948 e. The minimum atomic E-state index is -0.514. The lowest BCUT2D eigenvalue weighted by molar-refractivity contribution is 0.117. The second-order valence-electron chi connectivity index (χ2n) is 7.04. The van der Waals surface area contributed by atoms with Crippen molar-refractivity contribution >= 4 is 0 Å². The first-order valence-electron chi connectivity index (χ1n) is 10.2. The summed E-state index contributed by atoms with van der Waals surface area (Å²) in [7, 11) is 0. The molecule has 28 heavy (non-hydrogen) atoms. The molecule has 0 fully saturated rings. The zero-order valence-corrected chi connectivity index (χ0v) is 17.5. The van der Waals surface area contributed by atoms with E-state index in [2.05, 4.69) is 78.1 Å². The molecule has 148 valence electrons. The molecule has 0 spiro atoms. The lowest BCUT2D eigenvalue weighted by atomic mass is 9.77. The van der Waals surface area contributed by atoms with E-state index in [1.165, 1.54) is 0 Å². The second-order valence-corrected chi connectivity index (χ2v) is 7.04. The highest BCUT2D eigenvalue weighted by Crippen LogP contribution is 2.36. The van der Waals surface area contributed by atoms with Gasteiger partial charge in [-0.1, -0.05) is 119 Å².